The summed E-state index contributed by atoms with van der Waals surface area (Å²) in [5.74, 6) is 0.679. The van der Waals surface area contributed by atoms with Gasteiger partial charge >= 0.3 is 0 Å². The van der Waals surface area contributed by atoms with Crippen LogP contribution in [0.15, 0.2) is 0 Å². The van der Waals surface area contributed by atoms with Crippen molar-refractivity contribution in [1.82, 2.24) is 0 Å². The smallest absolute Gasteiger partial charge is 0.0604 e. The molecular formula is C11H20NOV-. The fourth-order valence-electron chi connectivity index (χ4n) is 2.47. The molecule has 0 aromatic carbocycles. The van der Waals surface area contributed by atoms with Gasteiger partial charge in [-0.3, -0.25) is 0 Å². The molecule has 2 fully saturated rings. The third-order valence-electron chi connectivity index (χ3n) is 3.58. The van der Waals surface area contributed by atoms with Crippen LogP contribution in [0, 0.1) is 11.3 Å². The molecular weight excluding hydrogens is 213 g/mol. The Hall–Kier alpha value is 0.504. The molecule has 14 heavy (non-hydrogen) atoms. The van der Waals surface area contributed by atoms with Gasteiger partial charge in [0, 0.05) is 18.6 Å². The summed E-state index contributed by atoms with van der Waals surface area (Å²) < 4.78 is 5.87. The molecule has 2 nitrogen and oxygen atoms in total. The van der Waals surface area contributed by atoms with Gasteiger partial charge in [0.1, 0.15) is 0 Å². The van der Waals surface area contributed by atoms with Gasteiger partial charge in [0.25, 0.3) is 0 Å². The van der Waals surface area contributed by atoms with E-state index < -0.39 is 0 Å². The van der Waals surface area contributed by atoms with E-state index in [1.54, 1.807) is 0 Å². The molecule has 2 rings (SSSR count). The Morgan fingerprint density at radius 1 is 1.29 bits per heavy atom. The van der Waals surface area contributed by atoms with E-state index in [2.05, 4.69) is 19.2 Å². The number of nitrogens with zero attached hydrogens (tertiary/aromatic N) is 1. The molecule has 0 bridgehead atoms. The summed E-state index contributed by atoms with van der Waals surface area (Å²) in [5.41, 5.74) is 0.511. The molecule has 0 amide bonds. The van der Waals surface area contributed by atoms with Crippen molar-refractivity contribution in [1.29, 1.82) is 0 Å². The van der Waals surface area contributed by atoms with Crippen LogP contribution in [0.1, 0.15) is 33.1 Å². The van der Waals surface area contributed by atoms with E-state index in [1.807, 2.05) is 0 Å². The van der Waals surface area contributed by atoms with Crippen molar-refractivity contribution in [3.8, 4) is 0 Å². The Bertz CT molecular complexity index is 178. The maximum absolute atomic E-state index is 5.87. The molecule has 1 radical (unpaired) electrons. The SMILES string of the molecule is CC(C)C1CC2(CC[N-]CC2)CO1.[V]. The summed E-state index contributed by atoms with van der Waals surface area (Å²) in [6.07, 6.45) is 4.31. The van der Waals surface area contributed by atoms with Crippen LogP contribution in [0.5, 0.6) is 0 Å². The van der Waals surface area contributed by atoms with E-state index >= 15 is 0 Å². The Morgan fingerprint density at radius 3 is 2.43 bits per heavy atom. The number of hydrogen-bond acceptors (Lipinski definition) is 1. The van der Waals surface area contributed by atoms with E-state index in [9.17, 15) is 0 Å². The standard InChI is InChI=1S/C11H20NO.V/c1-9(2)10-7-11(8-13-10)3-5-12-6-4-11;/h9-10H,3-8H2,1-2H3;/q-1;. The molecule has 2 aliphatic rings. The molecule has 1 atom stereocenters. The summed E-state index contributed by atoms with van der Waals surface area (Å²) in [4.78, 5) is 0. The molecule has 2 heterocycles. The van der Waals surface area contributed by atoms with Crippen molar-refractivity contribution >= 4 is 0 Å². The first-order chi connectivity index (χ1) is 6.22. The molecule has 0 N–H and O–H groups in total. The number of hydrogen-bond donors (Lipinski definition) is 0. The second-order valence-corrected chi connectivity index (χ2v) is 4.97. The fraction of sp³-hybridized carbons (Fsp3) is 1.00. The Balaban J connectivity index is 0.000000980. The predicted octanol–water partition coefficient (Wildman–Crippen LogP) is 2.58. The van der Waals surface area contributed by atoms with Crippen molar-refractivity contribution in [3.05, 3.63) is 5.32 Å². The molecule has 2 aliphatic heterocycles. The molecule has 2 saturated heterocycles. The molecule has 0 saturated carbocycles. The van der Waals surface area contributed by atoms with Crippen molar-refractivity contribution in [2.45, 2.75) is 39.2 Å². The Kier molecular flexibility index (Phi) is 4.51. The number of piperidine rings is 1. The summed E-state index contributed by atoms with van der Waals surface area (Å²) >= 11 is 0. The largest absolute Gasteiger partial charge is 0.662 e. The van der Waals surface area contributed by atoms with Gasteiger partial charge in [-0.2, -0.15) is 0 Å². The van der Waals surface area contributed by atoms with Crippen LogP contribution >= 0.6 is 0 Å². The van der Waals surface area contributed by atoms with Crippen molar-refractivity contribution in [2.75, 3.05) is 19.7 Å². The zero-order chi connectivity index (χ0) is 9.31. The van der Waals surface area contributed by atoms with Gasteiger partial charge in [0.15, 0.2) is 0 Å². The van der Waals surface area contributed by atoms with Gasteiger partial charge in [-0.25, -0.2) is 0 Å². The second kappa shape index (κ2) is 5.02. The molecule has 81 valence electrons. The molecule has 1 spiro atoms. The average Bonchev–Trinajstić information content (AvgIpc) is 2.51. The molecule has 0 aromatic heterocycles. The minimum Gasteiger partial charge on any atom is -0.662 e. The fourth-order valence-corrected chi connectivity index (χ4v) is 2.47. The topological polar surface area (TPSA) is 23.3 Å². The van der Waals surface area contributed by atoms with Gasteiger partial charge < -0.3 is 10.1 Å². The van der Waals surface area contributed by atoms with Crippen molar-refractivity contribution in [2.24, 2.45) is 11.3 Å². The van der Waals surface area contributed by atoms with Crippen LogP contribution in [0.3, 0.4) is 0 Å². The van der Waals surface area contributed by atoms with Crippen LogP contribution in [0.4, 0.5) is 0 Å². The van der Waals surface area contributed by atoms with Crippen LogP contribution in [0.25, 0.3) is 5.32 Å². The Morgan fingerprint density at radius 2 is 1.93 bits per heavy atom. The quantitative estimate of drug-likeness (QED) is 0.682. The second-order valence-electron chi connectivity index (χ2n) is 4.97. The molecule has 3 heteroatoms. The maximum atomic E-state index is 5.87. The monoisotopic (exact) mass is 233 g/mol. The summed E-state index contributed by atoms with van der Waals surface area (Å²) in [5, 5.41) is 4.41. The molecule has 1 unspecified atom stereocenters. The first-order valence-electron chi connectivity index (χ1n) is 5.47. The van der Waals surface area contributed by atoms with Gasteiger partial charge in [-0.1, -0.05) is 26.7 Å². The number of rotatable bonds is 1. The van der Waals surface area contributed by atoms with E-state index in [0.717, 1.165) is 19.7 Å². The maximum Gasteiger partial charge on any atom is 0.0604 e. The first-order valence-corrected chi connectivity index (χ1v) is 5.47. The van der Waals surface area contributed by atoms with E-state index in [-0.39, 0.29) is 18.6 Å². The summed E-state index contributed by atoms with van der Waals surface area (Å²) in [7, 11) is 0. The van der Waals surface area contributed by atoms with Gasteiger partial charge in [-0.05, 0) is 17.8 Å². The van der Waals surface area contributed by atoms with Crippen LogP contribution < -0.4 is 0 Å². The number of ether oxygens (including phenoxy) is 1. The first kappa shape index (κ1) is 12.6. The third kappa shape index (κ3) is 2.54. The van der Waals surface area contributed by atoms with Gasteiger partial charge in [-0.15, -0.1) is 13.1 Å². The minimum atomic E-state index is 0. The van der Waals surface area contributed by atoms with E-state index in [1.165, 1.54) is 19.3 Å². The third-order valence-corrected chi connectivity index (χ3v) is 3.58. The van der Waals surface area contributed by atoms with E-state index in [4.69, 9.17) is 4.74 Å². The molecule has 0 aromatic rings. The minimum absolute atomic E-state index is 0. The van der Waals surface area contributed by atoms with Gasteiger partial charge in [0.05, 0.1) is 12.7 Å². The predicted molar refractivity (Wildman–Crippen MR) is 54.0 cm³/mol. The van der Waals surface area contributed by atoms with Crippen LogP contribution in [-0.2, 0) is 23.3 Å². The summed E-state index contributed by atoms with van der Waals surface area (Å²) in [6, 6.07) is 0. The normalized spacial score (nSPS) is 30.6. The van der Waals surface area contributed by atoms with Gasteiger partial charge in [0.2, 0.25) is 0 Å². The Labute approximate surface area is 99.0 Å². The molecule has 0 aliphatic carbocycles. The van der Waals surface area contributed by atoms with Crippen LogP contribution in [-0.4, -0.2) is 25.8 Å². The zero-order valence-electron chi connectivity index (χ0n) is 9.20. The average molecular weight is 233 g/mol. The zero-order valence-corrected chi connectivity index (χ0v) is 10.6. The van der Waals surface area contributed by atoms with Crippen LogP contribution in [0.2, 0.25) is 0 Å². The summed E-state index contributed by atoms with van der Waals surface area (Å²) in [6.45, 7) is 7.64. The van der Waals surface area contributed by atoms with E-state index in [0.29, 0.717) is 17.4 Å². The van der Waals surface area contributed by atoms with Crippen molar-refractivity contribution < 1.29 is 23.3 Å². The van der Waals surface area contributed by atoms with Crippen molar-refractivity contribution in [3.63, 3.8) is 0 Å².